The fourth-order valence-corrected chi connectivity index (χ4v) is 4.90. The minimum Gasteiger partial charge on any atom is -0.489 e. The lowest BCUT2D eigenvalue weighted by Gasteiger charge is -2.08. The number of benzene rings is 2. The number of aromatic nitrogens is 1. The largest absolute Gasteiger partial charge is 0.489 e. The van der Waals surface area contributed by atoms with Crippen LogP contribution in [0.2, 0.25) is 0 Å². The van der Waals surface area contributed by atoms with Gasteiger partial charge in [0.05, 0.1) is 9.90 Å². The minimum atomic E-state index is 0.571. The first-order chi connectivity index (χ1) is 13.3. The zero-order chi connectivity index (χ0) is 18.5. The smallest absolute Gasteiger partial charge is 0.187 e. The molecule has 3 nitrogen and oxygen atoms in total. The van der Waals surface area contributed by atoms with E-state index in [-0.39, 0.29) is 0 Å². The number of thioether (sulfide) groups is 1. The molecule has 0 saturated heterocycles. The van der Waals surface area contributed by atoms with Gasteiger partial charge in [-0.15, -0.1) is 34.4 Å². The Morgan fingerprint density at radius 1 is 1.00 bits per heavy atom. The fraction of sp³-hybridized carbons (Fsp3) is 0.0952. The van der Waals surface area contributed by atoms with Crippen LogP contribution in [0.25, 0.3) is 11.3 Å². The van der Waals surface area contributed by atoms with Crippen molar-refractivity contribution in [1.29, 1.82) is 0 Å². The maximum atomic E-state index is 5.83. The Morgan fingerprint density at radius 3 is 2.59 bits per heavy atom. The van der Waals surface area contributed by atoms with Crippen molar-refractivity contribution in [1.82, 2.24) is 4.98 Å². The van der Waals surface area contributed by atoms with Crippen LogP contribution in [-0.2, 0) is 6.61 Å². The number of nitrogens with zero attached hydrogens (tertiary/aromatic N) is 1. The van der Waals surface area contributed by atoms with Gasteiger partial charge in [-0.2, -0.15) is 0 Å². The highest BCUT2D eigenvalue weighted by Gasteiger charge is 2.10. The molecular formula is C21H18N2OS3. The van der Waals surface area contributed by atoms with Crippen molar-refractivity contribution in [3.05, 3.63) is 77.0 Å². The lowest BCUT2D eigenvalue weighted by atomic mass is 10.2. The Labute approximate surface area is 171 Å². The van der Waals surface area contributed by atoms with Crippen LogP contribution in [0.15, 0.2) is 75.6 Å². The molecule has 4 rings (SSSR count). The van der Waals surface area contributed by atoms with Crippen LogP contribution in [0.1, 0.15) is 5.56 Å². The van der Waals surface area contributed by atoms with E-state index in [0.717, 1.165) is 27.8 Å². The van der Waals surface area contributed by atoms with Gasteiger partial charge < -0.3 is 10.1 Å². The molecular weight excluding hydrogens is 392 g/mol. The standard InChI is InChI=1S/C21H18N2OS3/c1-25-20-18(11-12-26-20)19-14-27-21(23-19)22-16-7-9-17(10-8-16)24-13-15-5-3-2-4-6-15/h2-12,14H,13H2,1H3,(H,22,23). The van der Waals surface area contributed by atoms with Crippen molar-refractivity contribution < 1.29 is 4.74 Å². The van der Waals surface area contributed by atoms with Gasteiger partial charge in [-0.25, -0.2) is 4.98 Å². The Bertz CT molecular complexity index is 994. The molecule has 136 valence electrons. The molecule has 0 aliphatic rings. The molecule has 6 heteroatoms. The van der Waals surface area contributed by atoms with E-state index in [1.54, 1.807) is 34.4 Å². The first-order valence-electron chi connectivity index (χ1n) is 8.43. The van der Waals surface area contributed by atoms with Crippen LogP contribution in [0.3, 0.4) is 0 Å². The maximum Gasteiger partial charge on any atom is 0.187 e. The van der Waals surface area contributed by atoms with Gasteiger partial charge in [0.25, 0.3) is 0 Å². The summed E-state index contributed by atoms with van der Waals surface area (Å²) < 4.78 is 7.13. The monoisotopic (exact) mass is 410 g/mol. The van der Waals surface area contributed by atoms with Crippen LogP contribution in [-0.4, -0.2) is 11.2 Å². The number of thiophene rings is 1. The molecule has 0 fully saturated rings. The maximum absolute atomic E-state index is 5.83. The lowest BCUT2D eigenvalue weighted by molar-refractivity contribution is 0.306. The van der Waals surface area contributed by atoms with Crippen molar-refractivity contribution >= 4 is 45.3 Å². The highest BCUT2D eigenvalue weighted by atomic mass is 32.2. The molecule has 0 radical (unpaired) electrons. The molecule has 0 aliphatic heterocycles. The number of ether oxygens (including phenoxy) is 1. The quantitative estimate of drug-likeness (QED) is 0.335. The first-order valence-corrected chi connectivity index (χ1v) is 11.4. The molecule has 2 aromatic heterocycles. The van der Waals surface area contributed by atoms with Gasteiger partial charge in [0.15, 0.2) is 5.13 Å². The van der Waals surface area contributed by atoms with E-state index in [4.69, 9.17) is 9.72 Å². The molecule has 27 heavy (non-hydrogen) atoms. The zero-order valence-electron chi connectivity index (χ0n) is 14.7. The molecule has 0 bridgehead atoms. The molecule has 0 atom stereocenters. The van der Waals surface area contributed by atoms with Gasteiger partial charge >= 0.3 is 0 Å². The summed E-state index contributed by atoms with van der Waals surface area (Å²) >= 11 is 5.13. The number of hydrogen-bond acceptors (Lipinski definition) is 6. The molecule has 4 aromatic rings. The van der Waals surface area contributed by atoms with Crippen LogP contribution < -0.4 is 10.1 Å². The summed E-state index contributed by atoms with van der Waals surface area (Å²) in [6.07, 6.45) is 2.10. The summed E-state index contributed by atoms with van der Waals surface area (Å²) in [6.45, 7) is 0.571. The minimum absolute atomic E-state index is 0.571. The number of nitrogens with one attached hydrogen (secondary N) is 1. The Morgan fingerprint density at radius 2 is 1.81 bits per heavy atom. The summed E-state index contributed by atoms with van der Waals surface area (Å²) in [4.78, 5) is 4.72. The fourth-order valence-electron chi connectivity index (χ4n) is 2.60. The van der Waals surface area contributed by atoms with Gasteiger partial charge in [-0.05, 0) is 47.5 Å². The van der Waals surface area contributed by atoms with E-state index in [1.165, 1.54) is 9.77 Å². The number of rotatable bonds is 7. The second-order valence-electron chi connectivity index (χ2n) is 5.79. The molecule has 1 N–H and O–H groups in total. The summed E-state index contributed by atoms with van der Waals surface area (Å²) in [5, 5.41) is 8.47. The Kier molecular flexibility index (Phi) is 5.77. The Hall–Kier alpha value is -2.28. The first kappa shape index (κ1) is 18.1. The number of hydrogen-bond donors (Lipinski definition) is 1. The van der Waals surface area contributed by atoms with Crippen LogP contribution >= 0.6 is 34.4 Å². The highest BCUT2D eigenvalue weighted by Crippen LogP contribution is 2.36. The molecule has 0 unspecified atom stereocenters. The Balaban J connectivity index is 1.39. The average Bonchev–Trinajstić information content (AvgIpc) is 3.37. The third kappa shape index (κ3) is 4.53. The topological polar surface area (TPSA) is 34.1 Å². The normalized spacial score (nSPS) is 10.7. The lowest BCUT2D eigenvalue weighted by Crippen LogP contribution is -1.95. The second kappa shape index (κ2) is 8.61. The molecule has 0 spiro atoms. The molecule has 0 aliphatic carbocycles. The average molecular weight is 411 g/mol. The van der Waals surface area contributed by atoms with E-state index in [9.17, 15) is 0 Å². The van der Waals surface area contributed by atoms with Crippen molar-refractivity contribution in [3.63, 3.8) is 0 Å². The summed E-state index contributed by atoms with van der Waals surface area (Å²) in [7, 11) is 0. The van der Waals surface area contributed by atoms with Gasteiger partial charge in [0, 0.05) is 16.6 Å². The summed E-state index contributed by atoms with van der Waals surface area (Å²) in [5.41, 5.74) is 4.39. The molecule has 2 aromatic carbocycles. The van der Waals surface area contributed by atoms with E-state index < -0.39 is 0 Å². The summed E-state index contributed by atoms with van der Waals surface area (Å²) in [5.74, 6) is 0.854. The van der Waals surface area contributed by atoms with Crippen molar-refractivity contribution in [3.8, 4) is 17.0 Å². The number of anilines is 2. The second-order valence-corrected chi connectivity index (χ2v) is 8.64. The van der Waals surface area contributed by atoms with Crippen molar-refractivity contribution in [2.75, 3.05) is 11.6 Å². The predicted molar refractivity (Wildman–Crippen MR) is 118 cm³/mol. The van der Waals surface area contributed by atoms with Gasteiger partial charge in [-0.1, -0.05) is 30.3 Å². The highest BCUT2D eigenvalue weighted by molar-refractivity contribution is 8.00. The van der Waals surface area contributed by atoms with Gasteiger partial charge in [0.2, 0.25) is 0 Å². The number of thiazole rings is 1. The van der Waals surface area contributed by atoms with Crippen molar-refractivity contribution in [2.45, 2.75) is 10.8 Å². The molecule has 0 amide bonds. The third-order valence-electron chi connectivity index (χ3n) is 3.95. The van der Waals surface area contributed by atoms with Crippen LogP contribution in [0.4, 0.5) is 10.8 Å². The SMILES string of the molecule is CSc1sccc1-c1csc(Nc2ccc(OCc3ccccc3)cc2)n1. The molecule has 0 saturated carbocycles. The summed E-state index contributed by atoms with van der Waals surface area (Å²) in [6, 6.07) is 20.3. The zero-order valence-corrected chi connectivity index (χ0v) is 17.2. The van der Waals surface area contributed by atoms with E-state index in [0.29, 0.717) is 6.61 Å². The van der Waals surface area contributed by atoms with E-state index >= 15 is 0 Å². The van der Waals surface area contributed by atoms with Crippen LogP contribution in [0, 0.1) is 0 Å². The third-order valence-corrected chi connectivity index (χ3v) is 6.79. The van der Waals surface area contributed by atoms with Crippen LogP contribution in [0.5, 0.6) is 5.75 Å². The predicted octanol–water partition coefficient (Wildman–Crippen LogP) is 6.92. The van der Waals surface area contributed by atoms with Gasteiger partial charge in [0.1, 0.15) is 12.4 Å². The molecule has 2 heterocycles. The van der Waals surface area contributed by atoms with Gasteiger partial charge in [-0.3, -0.25) is 0 Å². The van der Waals surface area contributed by atoms with E-state index in [1.807, 2.05) is 42.5 Å². The van der Waals surface area contributed by atoms with Crippen molar-refractivity contribution in [2.24, 2.45) is 0 Å². The van der Waals surface area contributed by atoms with E-state index in [2.05, 4.69) is 40.5 Å².